The van der Waals surface area contributed by atoms with Gasteiger partial charge < -0.3 is 5.32 Å². The van der Waals surface area contributed by atoms with Crippen LogP contribution in [0.3, 0.4) is 0 Å². The molecule has 4 nitrogen and oxygen atoms in total. The second-order valence-electron chi connectivity index (χ2n) is 3.98. The topological polar surface area (TPSA) is 59.1 Å². The smallest absolute Gasteiger partial charge is 0.183 e. The van der Waals surface area contributed by atoms with E-state index in [0.29, 0.717) is 15.9 Å². The molecule has 0 radical (unpaired) electrons. The van der Waals surface area contributed by atoms with Crippen molar-refractivity contribution in [3.05, 3.63) is 38.2 Å². The van der Waals surface area contributed by atoms with Crippen LogP contribution in [-0.4, -0.2) is 19.2 Å². The van der Waals surface area contributed by atoms with E-state index in [4.69, 9.17) is 11.6 Å². The standard InChI is InChI=1S/C12H12BrClN2O2S2/c1-2-20(17,18)9-3-4-10(13)11(5-9)15-6-8-7-16-12(14)19-8/h3-5,7,15H,2,6H2,1H3. The van der Waals surface area contributed by atoms with Crippen LogP contribution in [0, 0.1) is 0 Å². The number of hydrogen-bond acceptors (Lipinski definition) is 5. The van der Waals surface area contributed by atoms with Gasteiger partial charge in [-0.15, -0.1) is 11.3 Å². The Kier molecular flexibility index (Phi) is 5.06. The van der Waals surface area contributed by atoms with Crippen molar-refractivity contribution in [1.29, 1.82) is 0 Å². The fraction of sp³-hybridized carbons (Fsp3) is 0.250. The quantitative estimate of drug-likeness (QED) is 0.832. The Morgan fingerprint density at radius 2 is 2.20 bits per heavy atom. The van der Waals surface area contributed by atoms with Crippen molar-refractivity contribution in [2.24, 2.45) is 0 Å². The number of rotatable bonds is 5. The molecule has 108 valence electrons. The lowest BCUT2D eigenvalue weighted by Crippen LogP contribution is -2.05. The Balaban J connectivity index is 2.21. The van der Waals surface area contributed by atoms with Gasteiger partial charge in [-0.3, -0.25) is 0 Å². The lowest BCUT2D eigenvalue weighted by atomic mass is 10.3. The van der Waals surface area contributed by atoms with Gasteiger partial charge in [0.1, 0.15) is 0 Å². The number of anilines is 1. The molecule has 2 rings (SSSR count). The third-order valence-corrected chi connectivity index (χ3v) is 6.19. The Labute approximate surface area is 135 Å². The van der Waals surface area contributed by atoms with Crippen LogP contribution in [0.15, 0.2) is 33.8 Å². The zero-order valence-corrected chi connectivity index (χ0v) is 14.5. The minimum atomic E-state index is -3.21. The largest absolute Gasteiger partial charge is 0.379 e. The number of nitrogens with one attached hydrogen (secondary N) is 1. The maximum absolute atomic E-state index is 11.9. The molecular weight excluding hydrogens is 384 g/mol. The average Bonchev–Trinajstić information content (AvgIpc) is 2.83. The lowest BCUT2D eigenvalue weighted by molar-refractivity contribution is 0.597. The lowest BCUT2D eigenvalue weighted by Gasteiger charge is -2.09. The van der Waals surface area contributed by atoms with E-state index in [1.807, 2.05) is 0 Å². The van der Waals surface area contributed by atoms with Crippen LogP contribution in [0.4, 0.5) is 5.69 Å². The summed E-state index contributed by atoms with van der Waals surface area (Å²) in [6.45, 7) is 2.17. The van der Waals surface area contributed by atoms with Gasteiger partial charge in [-0.2, -0.15) is 0 Å². The van der Waals surface area contributed by atoms with Gasteiger partial charge in [0.2, 0.25) is 0 Å². The summed E-state index contributed by atoms with van der Waals surface area (Å²) in [5.74, 6) is 0.0819. The molecule has 1 aromatic carbocycles. The monoisotopic (exact) mass is 394 g/mol. The maximum Gasteiger partial charge on any atom is 0.183 e. The first-order valence-corrected chi connectivity index (χ1v) is 9.42. The van der Waals surface area contributed by atoms with Gasteiger partial charge in [0.15, 0.2) is 14.3 Å². The van der Waals surface area contributed by atoms with Crippen molar-refractivity contribution in [2.45, 2.75) is 18.4 Å². The molecule has 1 N–H and O–H groups in total. The molecule has 0 saturated carbocycles. The molecule has 0 spiro atoms. The highest BCUT2D eigenvalue weighted by Gasteiger charge is 2.13. The van der Waals surface area contributed by atoms with E-state index in [2.05, 4.69) is 26.2 Å². The van der Waals surface area contributed by atoms with E-state index in [-0.39, 0.29) is 5.75 Å². The number of aromatic nitrogens is 1. The molecular formula is C12H12BrClN2O2S2. The van der Waals surface area contributed by atoms with E-state index in [1.165, 1.54) is 11.3 Å². The minimum absolute atomic E-state index is 0.0819. The highest BCUT2D eigenvalue weighted by molar-refractivity contribution is 9.10. The number of thiazole rings is 1. The second kappa shape index (κ2) is 6.43. The molecule has 1 heterocycles. The predicted octanol–water partition coefficient (Wildman–Crippen LogP) is 3.96. The summed E-state index contributed by atoms with van der Waals surface area (Å²) in [4.78, 5) is 5.25. The fourth-order valence-electron chi connectivity index (χ4n) is 1.55. The number of halogens is 2. The first-order chi connectivity index (χ1) is 9.42. The summed E-state index contributed by atoms with van der Waals surface area (Å²) in [7, 11) is -3.21. The van der Waals surface area contributed by atoms with E-state index >= 15 is 0 Å². The van der Waals surface area contributed by atoms with Crippen LogP contribution in [0.25, 0.3) is 0 Å². The van der Waals surface area contributed by atoms with Crippen LogP contribution in [0.1, 0.15) is 11.8 Å². The van der Waals surface area contributed by atoms with Gasteiger partial charge in [-0.05, 0) is 34.1 Å². The predicted molar refractivity (Wildman–Crippen MR) is 86.3 cm³/mol. The molecule has 0 saturated heterocycles. The fourth-order valence-corrected chi connectivity index (χ4v) is 3.76. The molecule has 0 aliphatic heterocycles. The third kappa shape index (κ3) is 3.72. The molecule has 1 aromatic heterocycles. The van der Waals surface area contributed by atoms with Gasteiger partial charge in [0.05, 0.1) is 22.9 Å². The first-order valence-electron chi connectivity index (χ1n) is 5.79. The Bertz CT molecular complexity index is 716. The molecule has 8 heteroatoms. The first kappa shape index (κ1) is 15.8. The summed E-state index contributed by atoms with van der Waals surface area (Å²) >= 11 is 10.6. The van der Waals surface area contributed by atoms with Crippen LogP contribution in [-0.2, 0) is 16.4 Å². The van der Waals surface area contributed by atoms with E-state index in [0.717, 1.165) is 15.0 Å². The Hall–Kier alpha value is -0.630. The number of benzene rings is 1. The summed E-state index contributed by atoms with van der Waals surface area (Å²) in [5, 5.41) is 3.18. The molecule has 0 bridgehead atoms. The zero-order valence-electron chi connectivity index (χ0n) is 10.6. The maximum atomic E-state index is 11.9. The molecule has 2 aromatic rings. The second-order valence-corrected chi connectivity index (χ2v) is 8.81. The van der Waals surface area contributed by atoms with Crippen LogP contribution in [0.5, 0.6) is 0 Å². The highest BCUT2D eigenvalue weighted by Crippen LogP contribution is 2.27. The summed E-state index contributed by atoms with van der Waals surface area (Å²) in [6, 6.07) is 4.95. The van der Waals surface area contributed by atoms with Crippen molar-refractivity contribution in [3.8, 4) is 0 Å². The SMILES string of the molecule is CCS(=O)(=O)c1ccc(Br)c(NCc2cnc(Cl)s2)c1. The van der Waals surface area contributed by atoms with E-state index in [9.17, 15) is 8.42 Å². The molecule has 0 aliphatic carbocycles. The van der Waals surface area contributed by atoms with Crippen LogP contribution < -0.4 is 5.32 Å². The third-order valence-electron chi connectivity index (χ3n) is 2.66. The van der Waals surface area contributed by atoms with Crippen molar-refractivity contribution < 1.29 is 8.42 Å². The summed E-state index contributed by atoms with van der Waals surface area (Å²) in [6.07, 6.45) is 1.69. The summed E-state index contributed by atoms with van der Waals surface area (Å²) in [5.41, 5.74) is 0.726. The van der Waals surface area contributed by atoms with Gasteiger partial charge >= 0.3 is 0 Å². The highest BCUT2D eigenvalue weighted by atomic mass is 79.9. The minimum Gasteiger partial charge on any atom is -0.379 e. The number of sulfone groups is 1. The van der Waals surface area contributed by atoms with Gasteiger partial charge in [-0.1, -0.05) is 18.5 Å². The number of hydrogen-bond donors (Lipinski definition) is 1. The molecule has 0 unspecified atom stereocenters. The van der Waals surface area contributed by atoms with Crippen molar-refractivity contribution in [1.82, 2.24) is 4.98 Å². The molecule has 0 fully saturated rings. The van der Waals surface area contributed by atoms with Crippen LogP contribution >= 0.6 is 38.9 Å². The number of nitrogens with zero attached hydrogens (tertiary/aromatic N) is 1. The average molecular weight is 396 g/mol. The van der Waals surface area contributed by atoms with Crippen molar-refractivity contribution in [3.63, 3.8) is 0 Å². The van der Waals surface area contributed by atoms with Crippen molar-refractivity contribution in [2.75, 3.05) is 11.1 Å². The zero-order chi connectivity index (χ0) is 14.8. The normalized spacial score (nSPS) is 11.6. The van der Waals surface area contributed by atoms with Gasteiger partial charge in [0.25, 0.3) is 0 Å². The van der Waals surface area contributed by atoms with Gasteiger partial charge in [-0.25, -0.2) is 13.4 Å². The van der Waals surface area contributed by atoms with Gasteiger partial charge in [0, 0.05) is 15.5 Å². The molecule has 0 amide bonds. The summed E-state index contributed by atoms with van der Waals surface area (Å²) < 4.78 is 25.0. The van der Waals surface area contributed by atoms with E-state index in [1.54, 1.807) is 31.3 Å². The Morgan fingerprint density at radius 1 is 1.45 bits per heavy atom. The molecule has 0 aliphatic rings. The molecule has 0 atom stereocenters. The van der Waals surface area contributed by atoms with Crippen LogP contribution in [0.2, 0.25) is 4.47 Å². The van der Waals surface area contributed by atoms with Crippen molar-refractivity contribution >= 4 is 54.4 Å². The van der Waals surface area contributed by atoms with E-state index < -0.39 is 9.84 Å². The Morgan fingerprint density at radius 3 is 2.80 bits per heavy atom. The molecule has 20 heavy (non-hydrogen) atoms.